The average molecular weight is 282 g/mol. The Kier molecular flexibility index (Phi) is 4.36. The van der Waals surface area contributed by atoms with Crippen molar-refractivity contribution in [2.24, 2.45) is 0 Å². The van der Waals surface area contributed by atoms with Gasteiger partial charge in [-0.3, -0.25) is 0 Å². The number of aromatic carboxylic acids is 1. The molecule has 0 amide bonds. The molecule has 6 nitrogen and oxygen atoms in total. The number of pyridine rings is 1. The van der Waals surface area contributed by atoms with Crippen LogP contribution >= 0.6 is 0 Å². The van der Waals surface area contributed by atoms with Gasteiger partial charge >= 0.3 is 5.97 Å². The number of hydrogen-bond donors (Lipinski definition) is 2. The minimum absolute atomic E-state index is 0.00195. The number of carboxylic acids is 1. The van der Waals surface area contributed by atoms with Crippen LogP contribution in [-0.4, -0.2) is 22.6 Å². The molecule has 0 saturated carbocycles. The van der Waals surface area contributed by atoms with Crippen LogP contribution < -0.4 is 10.6 Å². The number of nitrogens with zero attached hydrogens (tertiary/aromatic N) is 3. The van der Waals surface area contributed by atoms with Crippen LogP contribution in [0.5, 0.6) is 0 Å². The zero-order chi connectivity index (χ0) is 15.2. The summed E-state index contributed by atoms with van der Waals surface area (Å²) >= 11 is 0. The fourth-order valence-corrected chi connectivity index (χ4v) is 1.99. The number of nitrogens with two attached hydrogens (primary N) is 1. The minimum atomic E-state index is -1.11. The molecule has 6 heteroatoms. The summed E-state index contributed by atoms with van der Waals surface area (Å²) in [6.07, 6.45) is 1.67. The van der Waals surface area contributed by atoms with E-state index in [1.165, 1.54) is 12.3 Å². The molecule has 1 aromatic carbocycles. The van der Waals surface area contributed by atoms with Crippen molar-refractivity contribution in [2.75, 3.05) is 17.2 Å². The molecule has 0 spiro atoms. The van der Waals surface area contributed by atoms with E-state index in [-0.39, 0.29) is 17.7 Å². The van der Waals surface area contributed by atoms with E-state index in [1.54, 1.807) is 4.90 Å². The third-order valence-corrected chi connectivity index (χ3v) is 2.97. The molecule has 1 heterocycles. The standard InChI is InChI=1S/C15H14N4O2/c16-8-4-10-19(11-5-2-1-3-6-11)14-13(17)12(15(20)21)7-9-18-14/h1-3,5-7,9H,4,10,17H2,(H,20,21). The van der Waals surface area contributed by atoms with E-state index < -0.39 is 5.97 Å². The van der Waals surface area contributed by atoms with Crippen molar-refractivity contribution in [1.82, 2.24) is 4.98 Å². The van der Waals surface area contributed by atoms with Crippen molar-refractivity contribution in [3.63, 3.8) is 0 Å². The van der Waals surface area contributed by atoms with Gasteiger partial charge in [0.2, 0.25) is 0 Å². The molecular formula is C15H14N4O2. The molecule has 0 fully saturated rings. The van der Waals surface area contributed by atoms with Gasteiger partial charge in [-0.05, 0) is 18.2 Å². The topological polar surface area (TPSA) is 103 Å². The summed E-state index contributed by atoms with van der Waals surface area (Å²) in [5.74, 6) is -0.763. The van der Waals surface area contributed by atoms with Crippen LogP contribution in [-0.2, 0) is 0 Å². The minimum Gasteiger partial charge on any atom is -0.478 e. The second kappa shape index (κ2) is 6.39. The number of rotatable bonds is 5. The average Bonchev–Trinajstić information content (AvgIpc) is 2.50. The molecule has 21 heavy (non-hydrogen) atoms. The fourth-order valence-electron chi connectivity index (χ4n) is 1.99. The maximum Gasteiger partial charge on any atom is 0.337 e. The number of nitrogen functional groups attached to an aromatic ring is 1. The summed E-state index contributed by atoms with van der Waals surface area (Å²) in [5.41, 5.74) is 6.81. The molecule has 0 aliphatic carbocycles. The Hall–Kier alpha value is -3.07. The molecule has 0 aliphatic rings. The molecule has 0 bridgehead atoms. The zero-order valence-corrected chi connectivity index (χ0v) is 11.2. The van der Waals surface area contributed by atoms with Crippen molar-refractivity contribution in [3.8, 4) is 6.07 Å². The lowest BCUT2D eigenvalue weighted by Gasteiger charge is -2.24. The summed E-state index contributed by atoms with van der Waals surface area (Å²) in [5, 5.41) is 17.9. The molecule has 0 radical (unpaired) electrons. The van der Waals surface area contributed by atoms with Crippen LogP contribution in [0.4, 0.5) is 17.2 Å². The predicted octanol–water partition coefficient (Wildman–Crippen LogP) is 2.41. The van der Waals surface area contributed by atoms with Gasteiger partial charge < -0.3 is 15.7 Å². The van der Waals surface area contributed by atoms with Gasteiger partial charge in [-0.25, -0.2) is 9.78 Å². The summed E-state index contributed by atoms with van der Waals surface area (Å²) < 4.78 is 0. The second-order valence-corrected chi connectivity index (χ2v) is 4.30. The van der Waals surface area contributed by atoms with E-state index in [0.717, 1.165) is 5.69 Å². The molecule has 106 valence electrons. The van der Waals surface area contributed by atoms with E-state index in [2.05, 4.69) is 11.1 Å². The lowest BCUT2D eigenvalue weighted by atomic mass is 10.2. The van der Waals surface area contributed by atoms with Gasteiger partial charge in [0, 0.05) is 18.4 Å². The fraction of sp³-hybridized carbons (Fsp3) is 0.133. The molecule has 2 rings (SSSR count). The molecule has 3 N–H and O–H groups in total. The van der Waals surface area contributed by atoms with Gasteiger partial charge in [0.1, 0.15) is 0 Å². The Bertz CT molecular complexity index is 680. The number of carboxylic acid groups (broad SMARTS) is 1. The summed E-state index contributed by atoms with van der Waals surface area (Å²) in [7, 11) is 0. The number of para-hydroxylation sites is 1. The van der Waals surface area contributed by atoms with Crippen molar-refractivity contribution in [2.45, 2.75) is 6.42 Å². The van der Waals surface area contributed by atoms with Crippen LogP contribution in [0.1, 0.15) is 16.8 Å². The summed E-state index contributed by atoms with van der Waals surface area (Å²) in [6, 6.07) is 12.7. The van der Waals surface area contributed by atoms with Crippen molar-refractivity contribution in [3.05, 3.63) is 48.2 Å². The number of nitriles is 1. The van der Waals surface area contributed by atoms with Gasteiger partial charge in [-0.1, -0.05) is 18.2 Å². The van der Waals surface area contributed by atoms with Gasteiger partial charge in [-0.15, -0.1) is 0 Å². The van der Waals surface area contributed by atoms with Crippen LogP contribution in [0, 0.1) is 11.3 Å². The van der Waals surface area contributed by atoms with E-state index in [4.69, 9.17) is 16.1 Å². The maximum atomic E-state index is 11.2. The SMILES string of the molecule is N#CCCN(c1ccccc1)c1nccc(C(=O)O)c1N. The summed E-state index contributed by atoms with van der Waals surface area (Å²) in [6.45, 7) is 0.376. The Balaban J connectivity index is 2.50. The second-order valence-electron chi connectivity index (χ2n) is 4.30. The van der Waals surface area contributed by atoms with E-state index in [9.17, 15) is 4.79 Å². The third kappa shape index (κ3) is 3.09. The number of carbonyl (C=O) groups is 1. The van der Waals surface area contributed by atoms with Crippen LogP contribution in [0.15, 0.2) is 42.6 Å². The number of aromatic nitrogens is 1. The quantitative estimate of drug-likeness (QED) is 0.872. The van der Waals surface area contributed by atoms with Crippen molar-refractivity contribution >= 4 is 23.2 Å². The lowest BCUT2D eigenvalue weighted by Crippen LogP contribution is -2.21. The van der Waals surface area contributed by atoms with Crippen molar-refractivity contribution in [1.29, 1.82) is 5.26 Å². The number of benzene rings is 1. The molecule has 0 unspecified atom stereocenters. The van der Waals surface area contributed by atoms with Crippen LogP contribution in [0.3, 0.4) is 0 Å². The molecule has 0 saturated heterocycles. The van der Waals surface area contributed by atoms with Gasteiger partial charge in [0.05, 0.1) is 23.7 Å². The Morgan fingerprint density at radius 3 is 2.67 bits per heavy atom. The highest BCUT2D eigenvalue weighted by molar-refractivity contribution is 5.97. The molecule has 0 aliphatic heterocycles. The first-order valence-electron chi connectivity index (χ1n) is 6.32. The Morgan fingerprint density at radius 2 is 2.05 bits per heavy atom. The zero-order valence-electron chi connectivity index (χ0n) is 11.2. The highest BCUT2D eigenvalue weighted by Gasteiger charge is 2.18. The van der Waals surface area contributed by atoms with E-state index in [0.29, 0.717) is 12.4 Å². The third-order valence-electron chi connectivity index (χ3n) is 2.97. The molecule has 2 aromatic rings. The Morgan fingerprint density at radius 1 is 1.33 bits per heavy atom. The normalized spacial score (nSPS) is 9.86. The molecular weight excluding hydrogens is 268 g/mol. The monoisotopic (exact) mass is 282 g/mol. The Labute approximate surface area is 122 Å². The number of anilines is 3. The smallest absolute Gasteiger partial charge is 0.337 e. The van der Waals surface area contributed by atoms with Crippen molar-refractivity contribution < 1.29 is 9.90 Å². The first kappa shape index (κ1) is 14.3. The highest BCUT2D eigenvalue weighted by atomic mass is 16.4. The van der Waals surface area contributed by atoms with Crippen LogP contribution in [0.2, 0.25) is 0 Å². The first-order valence-corrected chi connectivity index (χ1v) is 6.32. The first-order chi connectivity index (χ1) is 10.1. The molecule has 1 aromatic heterocycles. The molecule has 0 atom stereocenters. The van der Waals surface area contributed by atoms with Gasteiger partial charge in [0.25, 0.3) is 0 Å². The maximum absolute atomic E-state index is 11.2. The largest absolute Gasteiger partial charge is 0.478 e. The van der Waals surface area contributed by atoms with Gasteiger partial charge in [-0.2, -0.15) is 5.26 Å². The van der Waals surface area contributed by atoms with Gasteiger partial charge in [0.15, 0.2) is 5.82 Å². The van der Waals surface area contributed by atoms with E-state index in [1.807, 2.05) is 30.3 Å². The highest BCUT2D eigenvalue weighted by Crippen LogP contribution is 2.30. The van der Waals surface area contributed by atoms with Crippen LogP contribution in [0.25, 0.3) is 0 Å². The predicted molar refractivity (Wildman–Crippen MR) is 79.3 cm³/mol. The lowest BCUT2D eigenvalue weighted by molar-refractivity contribution is 0.0698. The van der Waals surface area contributed by atoms with E-state index >= 15 is 0 Å². The summed E-state index contributed by atoms with van der Waals surface area (Å²) in [4.78, 5) is 17.1. The number of hydrogen-bond acceptors (Lipinski definition) is 5.